The third-order valence-electron chi connectivity index (χ3n) is 7.57. The van der Waals surface area contributed by atoms with Crippen LogP contribution < -0.4 is 31.9 Å². The molecule has 4 rings (SSSR count). The Labute approximate surface area is 199 Å². The van der Waals surface area contributed by atoms with Gasteiger partial charge in [0.25, 0.3) is 0 Å². The molecule has 4 aliphatic rings. The van der Waals surface area contributed by atoms with Gasteiger partial charge >= 0.3 is 6.61 Å². The van der Waals surface area contributed by atoms with Crippen molar-refractivity contribution in [3.8, 4) is 0 Å². The topological polar surface area (TPSA) is 98.5 Å². The predicted octanol–water partition coefficient (Wildman–Crippen LogP) is 0.753. The average molecular weight is 491 g/mol. The summed E-state index contributed by atoms with van der Waals surface area (Å²) in [4.78, 5) is 12.7. The van der Waals surface area contributed by atoms with Crippen LogP contribution >= 0.6 is 11.8 Å². The van der Waals surface area contributed by atoms with E-state index in [1.807, 2.05) is 0 Å². The molecular weight excluding hydrogens is 450 g/mol. The second-order valence-electron chi connectivity index (χ2n) is 10.1. The second kappa shape index (κ2) is 11.9. The molecule has 33 heavy (non-hydrogen) atoms. The van der Waals surface area contributed by atoms with E-state index in [0.717, 1.165) is 45.3 Å². The van der Waals surface area contributed by atoms with Gasteiger partial charge in [-0.1, -0.05) is 6.92 Å². The quantitative estimate of drug-likeness (QED) is 0.311. The van der Waals surface area contributed by atoms with E-state index in [2.05, 4.69) is 45.7 Å². The highest BCUT2D eigenvalue weighted by Gasteiger charge is 2.36. The van der Waals surface area contributed by atoms with Crippen LogP contribution in [0.2, 0.25) is 0 Å². The van der Waals surface area contributed by atoms with E-state index in [1.165, 1.54) is 0 Å². The molecule has 8 nitrogen and oxygen atoms in total. The van der Waals surface area contributed by atoms with E-state index in [-0.39, 0.29) is 35.4 Å². The minimum absolute atomic E-state index is 0.00447. The van der Waals surface area contributed by atoms with Crippen molar-refractivity contribution in [2.75, 3.05) is 26.2 Å². The zero-order valence-corrected chi connectivity index (χ0v) is 20.4. The maximum atomic E-state index is 12.7. The number of alkyl halides is 2. The van der Waals surface area contributed by atoms with Gasteiger partial charge in [-0.15, -0.1) is 11.8 Å². The van der Waals surface area contributed by atoms with E-state index < -0.39 is 12.7 Å². The van der Waals surface area contributed by atoms with Crippen molar-refractivity contribution < 1.29 is 18.3 Å². The van der Waals surface area contributed by atoms with Crippen LogP contribution in [0.3, 0.4) is 0 Å². The highest BCUT2D eigenvalue weighted by atomic mass is 32.2. The summed E-state index contributed by atoms with van der Waals surface area (Å²) in [7, 11) is 0. The molecule has 0 aromatic rings. The van der Waals surface area contributed by atoms with Gasteiger partial charge in [0.15, 0.2) is 0 Å². The summed E-state index contributed by atoms with van der Waals surface area (Å²) in [5.41, 5.74) is 0. The number of thioether (sulfide) groups is 1. The summed E-state index contributed by atoms with van der Waals surface area (Å²) in [5, 5.41) is 21.1. The van der Waals surface area contributed by atoms with Crippen molar-refractivity contribution in [2.45, 2.75) is 93.7 Å². The van der Waals surface area contributed by atoms with E-state index in [1.54, 1.807) is 11.8 Å². The molecule has 0 radical (unpaired) electrons. The standard InChI is InChI=1S/C22H40F2N6O2S/c1-12-3-4-15(28-20(31)19-11-27-13(2)33-19)8-18(12)30-22-26-6-5-17(29-22)14-7-16(10-25-9-14)32-21(23)24/h12-19,21-22,25-27,29-30H,3-11H2,1-2H3,(H,28,31). The minimum atomic E-state index is -2.72. The fraction of sp³-hybridized carbons (Fsp3) is 0.955. The molecule has 0 spiro atoms. The molecule has 0 aromatic carbocycles. The molecule has 0 aromatic heterocycles. The Morgan fingerprint density at radius 1 is 1.09 bits per heavy atom. The third kappa shape index (κ3) is 7.22. The number of piperidine rings is 1. The number of nitrogens with one attached hydrogen (secondary N) is 6. The van der Waals surface area contributed by atoms with Crippen LogP contribution in [0.15, 0.2) is 0 Å². The zero-order chi connectivity index (χ0) is 23.4. The number of halogens is 2. The van der Waals surface area contributed by atoms with Crippen LogP contribution in [-0.2, 0) is 9.53 Å². The van der Waals surface area contributed by atoms with Crippen LogP contribution in [-0.4, -0.2) is 79.8 Å². The van der Waals surface area contributed by atoms with E-state index >= 15 is 0 Å². The molecule has 9 atom stereocenters. The Hall–Kier alpha value is -0.560. The van der Waals surface area contributed by atoms with Crippen LogP contribution in [0.25, 0.3) is 0 Å². The van der Waals surface area contributed by atoms with Gasteiger partial charge in [-0.25, -0.2) is 0 Å². The van der Waals surface area contributed by atoms with Crippen molar-refractivity contribution in [3.05, 3.63) is 0 Å². The lowest BCUT2D eigenvalue weighted by Crippen LogP contribution is -2.66. The molecule has 1 amide bonds. The van der Waals surface area contributed by atoms with Crippen molar-refractivity contribution in [3.63, 3.8) is 0 Å². The summed E-state index contributed by atoms with van der Waals surface area (Å²) in [6, 6.07) is 0.723. The molecule has 0 bridgehead atoms. The first-order valence-electron chi connectivity index (χ1n) is 12.5. The van der Waals surface area contributed by atoms with Gasteiger partial charge < -0.3 is 20.7 Å². The van der Waals surface area contributed by atoms with Crippen LogP contribution in [0, 0.1) is 11.8 Å². The Balaban J connectivity index is 1.26. The third-order valence-corrected chi connectivity index (χ3v) is 8.85. The van der Waals surface area contributed by atoms with E-state index in [0.29, 0.717) is 30.3 Å². The SMILES string of the molecule is CC1NCC(C(=O)NC2CCC(C)C(NC3NCCC(C4CNCC(OC(F)F)C4)N3)C2)S1. The lowest BCUT2D eigenvalue weighted by molar-refractivity contribution is -0.170. The molecule has 190 valence electrons. The first-order chi connectivity index (χ1) is 15.9. The first kappa shape index (κ1) is 25.5. The second-order valence-corrected chi connectivity index (χ2v) is 11.6. The van der Waals surface area contributed by atoms with Gasteiger partial charge in [0, 0.05) is 31.2 Å². The van der Waals surface area contributed by atoms with Gasteiger partial charge in [-0.2, -0.15) is 8.78 Å². The summed E-state index contributed by atoms with van der Waals surface area (Å²) >= 11 is 1.69. The normalized spacial score (nSPS) is 42.4. The smallest absolute Gasteiger partial charge is 0.345 e. The Bertz CT molecular complexity index is 650. The van der Waals surface area contributed by atoms with E-state index in [4.69, 9.17) is 4.74 Å². The van der Waals surface area contributed by atoms with Crippen LogP contribution in [0.5, 0.6) is 0 Å². The number of carbonyl (C=O) groups excluding carboxylic acids is 1. The highest BCUT2D eigenvalue weighted by molar-refractivity contribution is 8.01. The number of hydrogen-bond donors (Lipinski definition) is 6. The van der Waals surface area contributed by atoms with Crippen molar-refractivity contribution >= 4 is 17.7 Å². The van der Waals surface area contributed by atoms with Crippen molar-refractivity contribution in [1.82, 2.24) is 31.9 Å². The fourth-order valence-corrected chi connectivity index (χ4v) is 6.74. The zero-order valence-electron chi connectivity index (χ0n) is 19.6. The van der Waals surface area contributed by atoms with Crippen LogP contribution in [0.4, 0.5) is 8.78 Å². The maximum Gasteiger partial charge on any atom is 0.345 e. The molecule has 11 heteroatoms. The van der Waals surface area contributed by atoms with Crippen molar-refractivity contribution in [2.24, 2.45) is 11.8 Å². The van der Waals surface area contributed by atoms with E-state index in [9.17, 15) is 13.6 Å². The molecule has 4 fully saturated rings. The molecule has 1 aliphatic carbocycles. The molecule has 3 aliphatic heterocycles. The Morgan fingerprint density at radius 3 is 2.70 bits per heavy atom. The van der Waals surface area contributed by atoms with Gasteiger partial charge in [-0.3, -0.25) is 20.7 Å². The van der Waals surface area contributed by atoms with Gasteiger partial charge in [0.05, 0.1) is 16.7 Å². The fourth-order valence-electron chi connectivity index (χ4n) is 5.67. The number of rotatable bonds is 7. The predicted molar refractivity (Wildman–Crippen MR) is 126 cm³/mol. The van der Waals surface area contributed by atoms with Crippen molar-refractivity contribution in [1.29, 1.82) is 0 Å². The number of carbonyl (C=O) groups is 1. The molecule has 3 heterocycles. The Morgan fingerprint density at radius 2 is 1.94 bits per heavy atom. The monoisotopic (exact) mass is 490 g/mol. The highest BCUT2D eigenvalue weighted by Crippen LogP contribution is 2.27. The van der Waals surface area contributed by atoms with Gasteiger partial charge in [0.2, 0.25) is 5.91 Å². The molecule has 9 unspecified atom stereocenters. The Kier molecular flexibility index (Phi) is 9.22. The average Bonchev–Trinajstić information content (AvgIpc) is 3.22. The number of hydrogen-bond acceptors (Lipinski definition) is 8. The summed E-state index contributed by atoms with van der Waals surface area (Å²) in [6.07, 6.45) is 4.12. The molecule has 1 saturated carbocycles. The maximum absolute atomic E-state index is 12.7. The number of amides is 1. The molecule has 6 N–H and O–H groups in total. The minimum Gasteiger partial charge on any atom is -0.352 e. The summed E-state index contributed by atoms with van der Waals surface area (Å²) in [6.45, 7) is 4.54. The van der Waals surface area contributed by atoms with Crippen LogP contribution in [0.1, 0.15) is 46.0 Å². The molecule has 3 saturated heterocycles. The lowest BCUT2D eigenvalue weighted by atomic mass is 9.82. The van der Waals surface area contributed by atoms with Gasteiger partial charge in [0.1, 0.15) is 6.29 Å². The first-order valence-corrected chi connectivity index (χ1v) is 13.4. The largest absolute Gasteiger partial charge is 0.352 e. The lowest BCUT2D eigenvalue weighted by Gasteiger charge is -2.43. The number of ether oxygens (including phenoxy) is 1. The summed E-state index contributed by atoms with van der Waals surface area (Å²) < 4.78 is 30.1. The van der Waals surface area contributed by atoms with Gasteiger partial charge in [-0.05, 0) is 64.0 Å². The summed E-state index contributed by atoms with van der Waals surface area (Å²) in [5.74, 6) is 0.920. The molecular formula is C22H40F2N6O2S.